The number of hydrazine groups is 1. The molecule has 2 atom stereocenters. The number of nitrogens with one attached hydrogen (secondary N) is 2. The van der Waals surface area contributed by atoms with Gasteiger partial charge in [-0.05, 0) is 42.5 Å². The van der Waals surface area contributed by atoms with E-state index >= 15 is 0 Å². The average molecular weight is 544 g/mol. The molecule has 3 aromatic rings. The van der Waals surface area contributed by atoms with Crippen molar-refractivity contribution >= 4 is 51.7 Å². The normalized spacial score (nSPS) is 22.9. The van der Waals surface area contributed by atoms with Crippen LogP contribution in [-0.2, 0) is 20.4 Å². The van der Waals surface area contributed by atoms with Crippen molar-refractivity contribution < 1.29 is 19.2 Å². The van der Waals surface area contributed by atoms with Crippen LogP contribution < -0.4 is 15.6 Å². The number of nitro groups is 1. The second-order valence-corrected chi connectivity index (χ2v) is 10.9. The number of rotatable bonds is 5. The second-order valence-electron chi connectivity index (χ2n) is 10.1. The molecule has 1 aromatic heterocycles. The standard InChI is InChI=1S/C25H23Cl2N5O5/c1-23(2)24(3)8-9-25(23,21-20(24)28-16-6-5-14(32(35)36)11-17(16)29-21)22(34)31-30-19(33)12-37-18-7-4-13(26)10-15(18)27/h4-7,10-11H,8-9,12H2,1-3H3,(H,30,33)(H,31,34). The molecule has 1 fully saturated rings. The summed E-state index contributed by atoms with van der Waals surface area (Å²) in [5.41, 5.74) is 4.73. The molecule has 2 N–H and O–H groups in total. The highest BCUT2D eigenvalue weighted by Gasteiger charge is 2.73. The van der Waals surface area contributed by atoms with Gasteiger partial charge in [-0.2, -0.15) is 0 Å². The van der Waals surface area contributed by atoms with Gasteiger partial charge in [0.2, 0.25) is 0 Å². The Labute approximate surface area is 221 Å². The predicted molar refractivity (Wildman–Crippen MR) is 136 cm³/mol. The van der Waals surface area contributed by atoms with E-state index in [9.17, 15) is 19.7 Å². The zero-order valence-electron chi connectivity index (χ0n) is 20.2. The van der Waals surface area contributed by atoms with Crippen molar-refractivity contribution in [3.8, 4) is 5.75 Å². The van der Waals surface area contributed by atoms with Crippen LogP contribution in [0.2, 0.25) is 10.0 Å². The molecule has 2 bridgehead atoms. The summed E-state index contributed by atoms with van der Waals surface area (Å²) in [5.74, 6) is -0.746. The summed E-state index contributed by atoms with van der Waals surface area (Å²) in [5, 5.41) is 12.0. The van der Waals surface area contributed by atoms with E-state index in [0.29, 0.717) is 40.3 Å². The molecular weight excluding hydrogens is 521 g/mol. The number of aromatic nitrogens is 2. The minimum Gasteiger partial charge on any atom is -0.482 e. The van der Waals surface area contributed by atoms with Crippen molar-refractivity contribution in [3.05, 3.63) is 67.9 Å². The zero-order valence-corrected chi connectivity index (χ0v) is 21.7. The number of nitrogens with zero attached hydrogens (tertiary/aromatic N) is 3. The molecule has 2 aliphatic carbocycles. The molecule has 1 saturated carbocycles. The molecule has 2 aromatic carbocycles. The molecular formula is C25H23Cl2N5O5. The van der Waals surface area contributed by atoms with E-state index in [4.69, 9.17) is 37.9 Å². The molecule has 192 valence electrons. The van der Waals surface area contributed by atoms with Crippen LogP contribution in [0.15, 0.2) is 36.4 Å². The van der Waals surface area contributed by atoms with Crippen LogP contribution in [-0.4, -0.2) is 33.3 Å². The lowest BCUT2D eigenvalue weighted by atomic mass is 9.63. The number of nitro benzene ring substituents is 1. The Bertz CT molecular complexity index is 1500. The van der Waals surface area contributed by atoms with E-state index in [1.807, 2.05) is 13.8 Å². The molecule has 5 rings (SSSR count). The van der Waals surface area contributed by atoms with Crippen LogP contribution >= 0.6 is 23.2 Å². The molecule has 0 spiro atoms. The van der Waals surface area contributed by atoms with Crippen LogP contribution in [0.4, 0.5) is 5.69 Å². The fraction of sp³-hybridized carbons (Fsp3) is 0.360. The minimum atomic E-state index is -1.10. The quantitative estimate of drug-likeness (QED) is 0.359. The zero-order chi connectivity index (χ0) is 26.8. The number of ether oxygens (including phenoxy) is 1. The van der Waals surface area contributed by atoms with Crippen LogP contribution in [0.3, 0.4) is 0 Å². The number of carbonyl (C=O) groups is 2. The van der Waals surface area contributed by atoms with E-state index < -0.39 is 33.0 Å². The number of fused-ring (bicyclic) bond motifs is 6. The van der Waals surface area contributed by atoms with Crippen molar-refractivity contribution in [1.82, 2.24) is 20.8 Å². The van der Waals surface area contributed by atoms with Crippen molar-refractivity contribution in [2.75, 3.05) is 6.61 Å². The highest BCUT2D eigenvalue weighted by molar-refractivity contribution is 6.35. The van der Waals surface area contributed by atoms with Gasteiger partial charge in [0.25, 0.3) is 17.5 Å². The van der Waals surface area contributed by atoms with Crippen LogP contribution in [0, 0.1) is 15.5 Å². The number of carbonyl (C=O) groups excluding carboxylic acids is 2. The Kier molecular flexibility index (Phi) is 5.80. The number of halogens is 2. The van der Waals surface area contributed by atoms with Crippen molar-refractivity contribution in [2.24, 2.45) is 5.41 Å². The van der Waals surface area contributed by atoms with E-state index in [0.717, 1.165) is 0 Å². The molecule has 2 amide bonds. The molecule has 1 heterocycles. The number of hydrogen-bond acceptors (Lipinski definition) is 7. The number of benzene rings is 2. The lowest BCUT2D eigenvalue weighted by molar-refractivity contribution is -0.384. The Balaban J connectivity index is 1.41. The summed E-state index contributed by atoms with van der Waals surface area (Å²) in [4.78, 5) is 46.5. The van der Waals surface area contributed by atoms with Gasteiger partial charge in [-0.1, -0.05) is 44.0 Å². The van der Waals surface area contributed by atoms with Gasteiger partial charge in [0, 0.05) is 22.6 Å². The lowest BCUT2D eigenvalue weighted by Gasteiger charge is -2.39. The van der Waals surface area contributed by atoms with Crippen LogP contribution in [0.1, 0.15) is 45.0 Å². The molecule has 12 heteroatoms. The first-order chi connectivity index (χ1) is 17.4. The number of hydrogen-bond donors (Lipinski definition) is 2. The monoisotopic (exact) mass is 543 g/mol. The fourth-order valence-electron chi connectivity index (χ4n) is 5.71. The van der Waals surface area contributed by atoms with Crippen molar-refractivity contribution in [1.29, 1.82) is 0 Å². The summed E-state index contributed by atoms with van der Waals surface area (Å²) >= 11 is 11.9. The lowest BCUT2D eigenvalue weighted by Crippen LogP contribution is -2.56. The molecule has 0 aliphatic heterocycles. The van der Waals surface area contributed by atoms with E-state index in [2.05, 4.69) is 17.8 Å². The maximum atomic E-state index is 13.7. The Morgan fingerprint density at radius 3 is 2.46 bits per heavy atom. The van der Waals surface area contributed by atoms with Gasteiger partial charge in [0.15, 0.2) is 6.61 Å². The highest BCUT2D eigenvalue weighted by atomic mass is 35.5. The van der Waals surface area contributed by atoms with Gasteiger partial charge in [0.1, 0.15) is 11.2 Å². The van der Waals surface area contributed by atoms with E-state index in [1.165, 1.54) is 18.2 Å². The first kappa shape index (κ1) is 25.2. The number of amides is 2. The smallest absolute Gasteiger partial charge is 0.276 e. The Hall–Kier alpha value is -3.50. The fourth-order valence-corrected chi connectivity index (χ4v) is 6.17. The largest absolute Gasteiger partial charge is 0.482 e. The predicted octanol–water partition coefficient (Wildman–Crippen LogP) is 4.40. The maximum absolute atomic E-state index is 13.7. The second kappa shape index (κ2) is 8.53. The van der Waals surface area contributed by atoms with Gasteiger partial charge in [0.05, 0.1) is 32.4 Å². The molecule has 2 unspecified atom stereocenters. The van der Waals surface area contributed by atoms with E-state index in [-0.39, 0.29) is 23.1 Å². The summed E-state index contributed by atoms with van der Waals surface area (Å²) in [6, 6.07) is 8.94. The molecule has 10 nitrogen and oxygen atoms in total. The topological polar surface area (TPSA) is 136 Å². The Morgan fingerprint density at radius 1 is 1.03 bits per heavy atom. The third-order valence-electron chi connectivity index (χ3n) is 8.19. The van der Waals surface area contributed by atoms with Gasteiger partial charge >= 0.3 is 0 Å². The Morgan fingerprint density at radius 2 is 1.76 bits per heavy atom. The van der Waals surface area contributed by atoms with Crippen molar-refractivity contribution in [2.45, 2.75) is 44.4 Å². The number of non-ortho nitro benzene ring substituents is 1. The SMILES string of the molecule is CC12CCC(C(=O)NNC(=O)COc3ccc(Cl)cc3Cl)(c3nc4cc([N+](=O)[O-])ccc4nc31)C2(C)C. The highest BCUT2D eigenvalue weighted by Crippen LogP contribution is 2.70. The summed E-state index contributed by atoms with van der Waals surface area (Å²) in [6.45, 7) is 5.65. The van der Waals surface area contributed by atoms with Gasteiger partial charge in [-0.3, -0.25) is 30.6 Å². The summed E-state index contributed by atoms with van der Waals surface area (Å²) in [7, 11) is 0. The summed E-state index contributed by atoms with van der Waals surface area (Å²) in [6.07, 6.45) is 1.18. The average Bonchev–Trinajstić information content (AvgIpc) is 3.15. The van der Waals surface area contributed by atoms with E-state index in [1.54, 1.807) is 18.2 Å². The molecule has 0 radical (unpaired) electrons. The third-order valence-corrected chi connectivity index (χ3v) is 8.72. The molecule has 0 saturated heterocycles. The molecule has 37 heavy (non-hydrogen) atoms. The third kappa shape index (κ3) is 3.61. The van der Waals surface area contributed by atoms with Gasteiger partial charge in [-0.15, -0.1) is 0 Å². The van der Waals surface area contributed by atoms with Gasteiger partial charge in [-0.25, -0.2) is 9.97 Å². The van der Waals surface area contributed by atoms with Gasteiger partial charge < -0.3 is 4.74 Å². The molecule has 2 aliphatic rings. The minimum absolute atomic E-state index is 0.109. The maximum Gasteiger partial charge on any atom is 0.276 e. The van der Waals surface area contributed by atoms with Crippen molar-refractivity contribution in [3.63, 3.8) is 0 Å². The van der Waals surface area contributed by atoms with Crippen LogP contribution in [0.5, 0.6) is 5.75 Å². The van der Waals surface area contributed by atoms with Crippen LogP contribution in [0.25, 0.3) is 11.0 Å². The first-order valence-corrected chi connectivity index (χ1v) is 12.3. The first-order valence-electron chi connectivity index (χ1n) is 11.5. The summed E-state index contributed by atoms with van der Waals surface area (Å²) < 4.78 is 5.43.